The van der Waals surface area contributed by atoms with Gasteiger partial charge in [-0.25, -0.2) is 0 Å². The van der Waals surface area contributed by atoms with Gasteiger partial charge >= 0.3 is 0 Å². The van der Waals surface area contributed by atoms with E-state index >= 15 is 0 Å². The number of ether oxygens (including phenoxy) is 4. The van der Waals surface area contributed by atoms with Gasteiger partial charge in [-0.3, -0.25) is 9.59 Å². The Hall–Kier alpha value is -4.50. The predicted molar refractivity (Wildman–Crippen MR) is 161 cm³/mol. The summed E-state index contributed by atoms with van der Waals surface area (Å²) in [6, 6.07) is 11.0. The summed E-state index contributed by atoms with van der Waals surface area (Å²) in [4.78, 5) is 29.5. The molecule has 1 heterocycles. The molecular formula is C32H39N3O6. The van der Waals surface area contributed by atoms with Gasteiger partial charge in [-0.1, -0.05) is 36.4 Å². The van der Waals surface area contributed by atoms with E-state index in [4.69, 9.17) is 18.9 Å². The fourth-order valence-electron chi connectivity index (χ4n) is 4.62. The maximum atomic E-state index is 13.0. The van der Waals surface area contributed by atoms with Crippen LogP contribution in [0.5, 0.6) is 23.0 Å². The van der Waals surface area contributed by atoms with E-state index in [0.717, 1.165) is 11.1 Å². The minimum absolute atomic E-state index is 0.112. The third-order valence-corrected chi connectivity index (χ3v) is 6.67. The van der Waals surface area contributed by atoms with Crippen molar-refractivity contribution in [2.45, 2.75) is 6.04 Å². The molecule has 1 atom stereocenters. The number of benzene rings is 2. The molecule has 3 rings (SSSR count). The maximum absolute atomic E-state index is 13.0. The van der Waals surface area contributed by atoms with Gasteiger partial charge in [0.15, 0.2) is 0 Å². The van der Waals surface area contributed by atoms with Crippen LogP contribution in [0.3, 0.4) is 0 Å². The number of nitrogens with one attached hydrogen (secondary N) is 1. The molecular weight excluding hydrogens is 522 g/mol. The zero-order valence-electron chi connectivity index (χ0n) is 24.3. The molecule has 1 aliphatic rings. The van der Waals surface area contributed by atoms with Crippen molar-refractivity contribution in [3.63, 3.8) is 0 Å². The number of rotatable bonds is 12. The van der Waals surface area contributed by atoms with Crippen LogP contribution in [-0.2, 0) is 9.59 Å². The molecule has 0 aromatic heterocycles. The third kappa shape index (κ3) is 8.25. The van der Waals surface area contributed by atoms with Crippen molar-refractivity contribution in [2.24, 2.45) is 0 Å². The normalized spacial score (nSPS) is 15.8. The number of carbonyl (C=O) groups is 2. The molecule has 1 saturated heterocycles. The van der Waals surface area contributed by atoms with Crippen LogP contribution in [0.2, 0.25) is 0 Å². The summed E-state index contributed by atoms with van der Waals surface area (Å²) >= 11 is 0. The van der Waals surface area contributed by atoms with Gasteiger partial charge in [0.05, 0.1) is 45.6 Å². The van der Waals surface area contributed by atoms with E-state index in [9.17, 15) is 9.59 Å². The largest absolute Gasteiger partial charge is 0.496 e. The maximum Gasteiger partial charge on any atom is 0.246 e. The van der Waals surface area contributed by atoms with Crippen LogP contribution in [0.4, 0.5) is 0 Å². The first-order valence-electron chi connectivity index (χ1n) is 13.3. The lowest BCUT2D eigenvalue weighted by Crippen LogP contribution is -2.58. The molecule has 2 aromatic rings. The molecule has 2 aromatic carbocycles. The molecule has 1 unspecified atom stereocenters. The molecule has 41 heavy (non-hydrogen) atoms. The predicted octanol–water partition coefficient (Wildman–Crippen LogP) is 3.82. The van der Waals surface area contributed by atoms with Crippen molar-refractivity contribution in [1.82, 2.24) is 15.1 Å². The molecule has 0 radical (unpaired) electrons. The second-order valence-corrected chi connectivity index (χ2v) is 9.12. The van der Waals surface area contributed by atoms with E-state index in [0.29, 0.717) is 49.2 Å². The Bertz CT molecular complexity index is 1260. The minimum Gasteiger partial charge on any atom is -0.496 e. The van der Waals surface area contributed by atoms with Gasteiger partial charge in [-0.05, 0) is 43.5 Å². The number of allylic oxidation sites excluding steroid dienone is 4. The first kappa shape index (κ1) is 31.0. The van der Waals surface area contributed by atoms with Crippen LogP contribution in [0, 0.1) is 0 Å². The summed E-state index contributed by atoms with van der Waals surface area (Å²) in [5, 5.41) is 3.14. The summed E-state index contributed by atoms with van der Waals surface area (Å²) in [6.45, 7) is 1.88. The van der Waals surface area contributed by atoms with Gasteiger partial charge in [0.1, 0.15) is 23.0 Å². The number of nitrogens with zero attached hydrogens (tertiary/aromatic N) is 2. The Balaban J connectivity index is 1.62. The van der Waals surface area contributed by atoms with Crippen molar-refractivity contribution in [3.8, 4) is 23.0 Å². The lowest BCUT2D eigenvalue weighted by molar-refractivity contribution is -0.137. The lowest BCUT2D eigenvalue weighted by atomic mass is 10.1. The van der Waals surface area contributed by atoms with E-state index in [2.05, 4.69) is 5.32 Å². The average Bonchev–Trinajstić information content (AvgIpc) is 3.00. The number of amides is 2. The van der Waals surface area contributed by atoms with Crippen LogP contribution in [0.1, 0.15) is 11.1 Å². The summed E-state index contributed by atoms with van der Waals surface area (Å²) in [5.74, 6) is 2.50. The van der Waals surface area contributed by atoms with Crippen molar-refractivity contribution < 1.29 is 28.5 Å². The van der Waals surface area contributed by atoms with Crippen molar-refractivity contribution >= 4 is 24.0 Å². The van der Waals surface area contributed by atoms with Crippen LogP contribution >= 0.6 is 0 Å². The van der Waals surface area contributed by atoms with E-state index in [1.165, 1.54) is 12.2 Å². The highest BCUT2D eigenvalue weighted by molar-refractivity contribution is 5.90. The Morgan fingerprint density at radius 1 is 0.756 bits per heavy atom. The summed E-state index contributed by atoms with van der Waals surface area (Å²) in [6.07, 6.45) is 13.7. The SMILES string of the molecule is CNCC1CN(C(=O)/C=C/C=C/c2c(OC)cccc2OC)CCN1C(=O)/C=C/C=C/c1c(OC)cccc1OC. The Morgan fingerprint density at radius 2 is 1.22 bits per heavy atom. The van der Waals surface area contributed by atoms with Gasteiger partial charge in [0, 0.05) is 38.3 Å². The van der Waals surface area contributed by atoms with Crippen LogP contribution < -0.4 is 24.3 Å². The van der Waals surface area contributed by atoms with Gasteiger partial charge in [0.2, 0.25) is 11.8 Å². The second kappa shape index (κ2) is 15.9. The zero-order chi connectivity index (χ0) is 29.6. The van der Waals surface area contributed by atoms with Gasteiger partial charge in [-0.15, -0.1) is 0 Å². The number of carbonyl (C=O) groups excluding carboxylic acids is 2. The van der Waals surface area contributed by atoms with Gasteiger partial charge in [0.25, 0.3) is 0 Å². The van der Waals surface area contributed by atoms with E-state index in [-0.39, 0.29) is 17.9 Å². The van der Waals surface area contributed by atoms with Crippen molar-refractivity contribution in [3.05, 3.63) is 84.0 Å². The smallest absolute Gasteiger partial charge is 0.246 e. The molecule has 2 amide bonds. The Morgan fingerprint density at radius 3 is 1.66 bits per heavy atom. The quantitative estimate of drug-likeness (QED) is 0.311. The topological polar surface area (TPSA) is 89.6 Å². The highest BCUT2D eigenvalue weighted by Crippen LogP contribution is 2.30. The molecule has 0 bridgehead atoms. The van der Waals surface area contributed by atoms with Gasteiger partial charge in [-0.2, -0.15) is 0 Å². The molecule has 9 nitrogen and oxygen atoms in total. The number of hydrogen-bond acceptors (Lipinski definition) is 7. The minimum atomic E-state index is -0.157. The second-order valence-electron chi connectivity index (χ2n) is 9.12. The average molecular weight is 562 g/mol. The van der Waals surface area contributed by atoms with E-state index in [1.54, 1.807) is 62.5 Å². The zero-order valence-corrected chi connectivity index (χ0v) is 24.3. The highest BCUT2D eigenvalue weighted by Gasteiger charge is 2.30. The summed E-state index contributed by atoms with van der Waals surface area (Å²) in [7, 11) is 8.24. The fourth-order valence-corrected chi connectivity index (χ4v) is 4.62. The molecule has 0 aliphatic carbocycles. The van der Waals surface area contributed by atoms with Gasteiger partial charge < -0.3 is 34.1 Å². The first-order valence-corrected chi connectivity index (χ1v) is 13.3. The Kier molecular flexibility index (Phi) is 12.1. The number of methoxy groups -OCH3 is 4. The molecule has 9 heteroatoms. The summed E-state index contributed by atoms with van der Waals surface area (Å²) < 4.78 is 21.6. The lowest BCUT2D eigenvalue weighted by Gasteiger charge is -2.40. The molecule has 0 saturated carbocycles. The molecule has 0 spiro atoms. The monoisotopic (exact) mass is 561 g/mol. The standard InChI is InChI=1S/C32H39N3O6/c1-33-22-24-23-34(31(36)18-8-6-12-25-27(38-2)14-10-15-28(25)39-3)20-21-35(24)32(37)19-9-7-13-26-29(40-4)16-11-17-30(26)41-5/h6-19,24,33H,20-23H2,1-5H3/b12-6+,13-7+,18-8+,19-9+. The number of likely N-dealkylation sites (N-methyl/N-ethyl adjacent to an activating group) is 1. The fraction of sp³-hybridized carbons (Fsp3) is 0.312. The molecule has 1 aliphatic heterocycles. The van der Waals surface area contributed by atoms with Crippen LogP contribution in [-0.4, -0.2) is 89.3 Å². The summed E-state index contributed by atoms with van der Waals surface area (Å²) in [5.41, 5.74) is 1.58. The van der Waals surface area contributed by atoms with E-state index in [1.807, 2.05) is 55.6 Å². The molecule has 218 valence electrons. The highest BCUT2D eigenvalue weighted by atomic mass is 16.5. The molecule has 1 N–H and O–H groups in total. The molecule has 1 fully saturated rings. The number of piperazine rings is 1. The third-order valence-electron chi connectivity index (χ3n) is 6.67. The van der Waals surface area contributed by atoms with E-state index < -0.39 is 0 Å². The van der Waals surface area contributed by atoms with Crippen molar-refractivity contribution in [2.75, 3.05) is 61.7 Å². The first-order chi connectivity index (χ1) is 20.0. The van der Waals surface area contributed by atoms with Crippen LogP contribution in [0.15, 0.2) is 72.9 Å². The number of hydrogen-bond donors (Lipinski definition) is 1. The van der Waals surface area contributed by atoms with Crippen molar-refractivity contribution in [1.29, 1.82) is 0 Å². The van der Waals surface area contributed by atoms with Crippen LogP contribution in [0.25, 0.3) is 12.2 Å². The Labute approximate surface area is 242 Å².